The van der Waals surface area contributed by atoms with Gasteiger partial charge < -0.3 is 14.2 Å². The summed E-state index contributed by atoms with van der Waals surface area (Å²) in [6.07, 6.45) is -4.70. The van der Waals surface area contributed by atoms with Crippen LogP contribution in [0.25, 0.3) is 11.1 Å². The number of ether oxygens (including phenoxy) is 1. The molecule has 0 spiro atoms. The lowest BCUT2D eigenvalue weighted by Crippen LogP contribution is -2.41. The lowest BCUT2D eigenvalue weighted by molar-refractivity contribution is -0.144. The van der Waals surface area contributed by atoms with Gasteiger partial charge in [-0.25, -0.2) is 13.2 Å². The third-order valence-corrected chi connectivity index (χ3v) is 7.06. The summed E-state index contributed by atoms with van der Waals surface area (Å²) in [6, 6.07) is 13.9. The molecule has 1 heterocycles. The Morgan fingerprint density at radius 1 is 1.11 bits per heavy atom. The summed E-state index contributed by atoms with van der Waals surface area (Å²) < 4.78 is 72.9. The first kappa shape index (κ1) is 27.6. The van der Waals surface area contributed by atoms with Crippen LogP contribution in [0.15, 0.2) is 54.6 Å². The molecule has 0 radical (unpaired) electrons. The van der Waals surface area contributed by atoms with Crippen molar-refractivity contribution in [3.8, 4) is 17.0 Å². The molecule has 1 amide bonds. The third kappa shape index (κ3) is 6.41. The van der Waals surface area contributed by atoms with Crippen molar-refractivity contribution in [1.82, 2.24) is 9.47 Å². The Kier molecular flexibility index (Phi) is 8.10. The standard InChI is InChI=1S/C25H26ClF3N2O4S/c1-16(15-36(4,33)34)30(3)24(32)35-23-21(19-10-12-20(26)13-11-19)17(2)22(25(27,28)29)31(23)14-18-8-6-5-7-9-18/h5-13,16H,14-15H2,1-4H3. The van der Waals surface area contributed by atoms with Crippen LogP contribution >= 0.6 is 11.6 Å². The fraction of sp³-hybridized carbons (Fsp3) is 0.320. The quantitative estimate of drug-likeness (QED) is 0.364. The molecule has 3 rings (SSSR count). The Labute approximate surface area is 213 Å². The van der Waals surface area contributed by atoms with Gasteiger partial charge in [-0.3, -0.25) is 0 Å². The van der Waals surface area contributed by atoms with E-state index in [0.29, 0.717) is 16.1 Å². The van der Waals surface area contributed by atoms with Gasteiger partial charge in [0.25, 0.3) is 0 Å². The van der Waals surface area contributed by atoms with Crippen molar-refractivity contribution in [2.45, 2.75) is 32.6 Å². The topological polar surface area (TPSA) is 68.6 Å². The molecule has 1 unspecified atom stereocenters. The highest BCUT2D eigenvalue weighted by Gasteiger charge is 2.41. The molecule has 6 nitrogen and oxygen atoms in total. The molecule has 11 heteroatoms. The molecule has 0 aliphatic carbocycles. The molecule has 0 aliphatic heterocycles. The average molecular weight is 543 g/mol. The first-order valence-corrected chi connectivity index (χ1v) is 13.4. The van der Waals surface area contributed by atoms with Crippen LogP contribution < -0.4 is 4.74 Å². The number of amides is 1. The second-order valence-corrected chi connectivity index (χ2v) is 11.3. The molecule has 1 aromatic heterocycles. The van der Waals surface area contributed by atoms with E-state index in [2.05, 4.69) is 0 Å². The number of hydrogen-bond acceptors (Lipinski definition) is 4. The minimum Gasteiger partial charge on any atom is -0.392 e. The Bertz CT molecular complexity index is 1340. The lowest BCUT2D eigenvalue weighted by Gasteiger charge is -2.24. The van der Waals surface area contributed by atoms with Gasteiger partial charge in [-0.1, -0.05) is 54.1 Å². The highest BCUT2D eigenvalue weighted by atomic mass is 35.5. The molecule has 1 atom stereocenters. The van der Waals surface area contributed by atoms with Gasteiger partial charge in [-0.05, 0) is 42.7 Å². The van der Waals surface area contributed by atoms with Gasteiger partial charge in [0, 0.05) is 29.9 Å². The molecular weight excluding hydrogens is 517 g/mol. The third-order valence-electron chi connectivity index (χ3n) is 5.72. The SMILES string of the molecule is Cc1c(-c2ccc(Cl)cc2)c(OC(=O)N(C)C(C)CS(C)(=O)=O)n(Cc2ccccc2)c1C(F)(F)F. The Hall–Kier alpha value is -2.98. The van der Waals surface area contributed by atoms with Gasteiger partial charge in [0.15, 0.2) is 0 Å². The molecule has 3 aromatic rings. The Morgan fingerprint density at radius 2 is 1.69 bits per heavy atom. The number of nitrogens with zero attached hydrogens (tertiary/aromatic N) is 2. The number of carbonyl (C=O) groups excluding carboxylic acids is 1. The van der Waals surface area contributed by atoms with Crippen LogP contribution in [0, 0.1) is 6.92 Å². The minimum atomic E-state index is -4.75. The van der Waals surface area contributed by atoms with Crippen LogP contribution in [0.4, 0.5) is 18.0 Å². The number of halogens is 4. The van der Waals surface area contributed by atoms with Crippen molar-refractivity contribution in [2.75, 3.05) is 19.1 Å². The summed E-state index contributed by atoms with van der Waals surface area (Å²) in [5.41, 5.74) is -0.0330. The van der Waals surface area contributed by atoms with E-state index in [-0.39, 0.29) is 29.3 Å². The van der Waals surface area contributed by atoms with E-state index in [4.69, 9.17) is 16.3 Å². The second-order valence-electron chi connectivity index (χ2n) is 8.65. The van der Waals surface area contributed by atoms with Crippen LogP contribution in [0.3, 0.4) is 0 Å². The Balaban J connectivity index is 2.19. The molecule has 0 fully saturated rings. The van der Waals surface area contributed by atoms with Crippen molar-refractivity contribution < 1.29 is 31.1 Å². The van der Waals surface area contributed by atoms with Gasteiger partial charge in [0.05, 0.1) is 12.3 Å². The van der Waals surface area contributed by atoms with E-state index < -0.39 is 33.8 Å². The van der Waals surface area contributed by atoms with Crippen molar-refractivity contribution in [2.24, 2.45) is 0 Å². The molecule has 0 aliphatic rings. The van der Waals surface area contributed by atoms with Crippen LogP contribution in [-0.2, 0) is 22.6 Å². The van der Waals surface area contributed by atoms with Gasteiger partial charge >= 0.3 is 12.3 Å². The number of hydrogen-bond donors (Lipinski definition) is 0. The number of carbonyl (C=O) groups is 1. The number of sulfone groups is 1. The predicted octanol–water partition coefficient (Wildman–Crippen LogP) is 6.05. The maximum Gasteiger partial charge on any atom is 0.431 e. The normalized spacial score (nSPS) is 12.9. The summed E-state index contributed by atoms with van der Waals surface area (Å²) in [4.78, 5) is 14.1. The molecule has 194 valence electrons. The molecule has 36 heavy (non-hydrogen) atoms. The van der Waals surface area contributed by atoms with Gasteiger partial charge in [-0.2, -0.15) is 13.2 Å². The lowest BCUT2D eigenvalue weighted by atomic mass is 10.0. The molecule has 2 aromatic carbocycles. The van der Waals surface area contributed by atoms with E-state index in [1.54, 1.807) is 42.5 Å². The zero-order valence-corrected chi connectivity index (χ0v) is 21.7. The van der Waals surface area contributed by atoms with E-state index in [1.807, 2.05) is 0 Å². The number of benzene rings is 2. The highest BCUT2D eigenvalue weighted by Crippen LogP contribution is 2.45. The fourth-order valence-electron chi connectivity index (χ4n) is 3.95. The molecular formula is C25H26ClF3N2O4S. The molecule has 0 N–H and O–H groups in total. The molecule has 0 saturated heterocycles. The van der Waals surface area contributed by atoms with Gasteiger partial charge in [0.2, 0.25) is 5.88 Å². The van der Waals surface area contributed by atoms with E-state index in [0.717, 1.165) is 15.7 Å². The van der Waals surface area contributed by atoms with Crippen molar-refractivity contribution in [3.05, 3.63) is 76.4 Å². The van der Waals surface area contributed by atoms with Gasteiger partial charge in [0.1, 0.15) is 15.5 Å². The first-order chi connectivity index (χ1) is 16.7. The van der Waals surface area contributed by atoms with E-state index in [1.165, 1.54) is 33.0 Å². The van der Waals surface area contributed by atoms with Crippen LogP contribution in [0.2, 0.25) is 5.02 Å². The predicted molar refractivity (Wildman–Crippen MR) is 133 cm³/mol. The maximum atomic E-state index is 14.3. The average Bonchev–Trinajstić information content (AvgIpc) is 3.04. The maximum absolute atomic E-state index is 14.3. The monoisotopic (exact) mass is 542 g/mol. The minimum absolute atomic E-state index is 0.0902. The van der Waals surface area contributed by atoms with E-state index >= 15 is 0 Å². The smallest absolute Gasteiger partial charge is 0.392 e. The zero-order chi connectivity index (χ0) is 26.8. The zero-order valence-electron chi connectivity index (χ0n) is 20.1. The van der Waals surface area contributed by atoms with Crippen LogP contribution in [0.1, 0.15) is 23.7 Å². The molecule has 0 saturated carbocycles. The van der Waals surface area contributed by atoms with Crippen molar-refractivity contribution >= 4 is 27.5 Å². The Morgan fingerprint density at radius 3 is 2.22 bits per heavy atom. The summed E-state index contributed by atoms with van der Waals surface area (Å²) in [6.45, 7) is 2.62. The summed E-state index contributed by atoms with van der Waals surface area (Å²) in [5, 5.41) is 0.393. The van der Waals surface area contributed by atoms with Crippen LogP contribution in [0.5, 0.6) is 5.88 Å². The fourth-order valence-corrected chi connectivity index (χ4v) is 5.17. The summed E-state index contributed by atoms with van der Waals surface area (Å²) in [5.74, 6) is -0.630. The second kappa shape index (κ2) is 10.6. The van der Waals surface area contributed by atoms with Crippen molar-refractivity contribution in [3.63, 3.8) is 0 Å². The van der Waals surface area contributed by atoms with Crippen LogP contribution in [-0.4, -0.2) is 49.1 Å². The van der Waals surface area contributed by atoms with Crippen molar-refractivity contribution in [1.29, 1.82) is 0 Å². The highest BCUT2D eigenvalue weighted by molar-refractivity contribution is 7.90. The van der Waals surface area contributed by atoms with Gasteiger partial charge in [-0.15, -0.1) is 0 Å². The first-order valence-electron chi connectivity index (χ1n) is 10.9. The largest absolute Gasteiger partial charge is 0.431 e. The van der Waals surface area contributed by atoms with E-state index in [9.17, 15) is 26.4 Å². The number of rotatable bonds is 7. The summed E-state index contributed by atoms with van der Waals surface area (Å²) in [7, 11) is -2.08. The molecule has 0 bridgehead atoms. The number of alkyl halides is 3. The number of aromatic nitrogens is 1. The summed E-state index contributed by atoms with van der Waals surface area (Å²) >= 11 is 5.98.